The summed E-state index contributed by atoms with van der Waals surface area (Å²) >= 11 is 7.42. The second-order valence-corrected chi connectivity index (χ2v) is 5.14. The molecule has 0 aliphatic heterocycles. The fraction of sp³-hybridized carbons (Fsp3) is 0. The molecule has 98 valence electrons. The van der Waals surface area contributed by atoms with Gasteiger partial charge in [0, 0.05) is 15.4 Å². The van der Waals surface area contributed by atoms with Gasteiger partial charge in [0.15, 0.2) is 0 Å². The lowest BCUT2D eigenvalue weighted by atomic mass is 10.2. The minimum atomic E-state index is -0.828. The number of carbonyl (C=O) groups excluding carboxylic acids is 1. The van der Waals surface area contributed by atoms with Gasteiger partial charge in [-0.15, -0.1) is 12.6 Å². The molecule has 0 saturated heterocycles. The van der Waals surface area contributed by atoms with Crippen LogP contribution in [0.3, 0.4) is 0 Å². The lowest BCUT2D eigenvalue weighted by Crippen LogP contribution is -2.13. The molecule has 0 aromatic heterocycles. The summed E-state index contributed by atoms with van der Waals surface area (Å²) in [6, 6.07) is 7.83. The van der Waals surface area contributed by atoms with E-state index in [4.69, 9.17) is 0 Å². The van der Waals surface area contributed by atoms with E-state index in [2.05, 4.69) is 33.9 Å². The Kier molecular flexibility index (Phi) is 4.21. The normalized spacial score (nSPS) is 10.3. The van der Waals surface area contributed by atoms with E-state index in [9.17, 15) is 13.6 Å². The Bertz CT molecular complexity index is 649. The highest BCUT2D eigenvalue weighted by molar-refractivity contribution is 9.10. The van der Waals surface area contributed by atoms with Gasteiger partial charge in [-0.3, -0.25) is 4.79 Å². The third-order valence-electron chi connectivity index (χ3n) is 2.38. The first-order chi connectivity index (χ1) is 8.97. The van der Waals surface area contributed by atoms with Gasteiger partial charge in [-0.05, 0) is 30.3 Å². The zero-order chi connectivity index (χ0) is 14.0. The molecule has 0 radical (unpaired) electrons. The van der Waals surface area contributed by atoms with Gasteiger partial charge in [0.05, 0.1) is 11.3 Å². The summed E-state index contributed by atoms with van der Waals surface area (Å²) in [6.45, 7) is 0. The number of hydrogen-bond donors (Lipinski definition) is 2. The Morgan fingerprint density at radius 3 is 2.53 bits per heavy atom. The molecule has 1 amide bonds. The predicted molar refractivity (Wildman–Crippen MR) is 75.7 cm³/mol. The van der Waals surface area contributed by atoms with Crippen LogP contribution in [0.2, 0.25) is 0 Å². The van der Waals surface area contributed by atoms with Gasteiger partial charge in [0.1, 0.15) is 11.6 Å². The second-order valence-electron chi connectivity index (χ2n) is 3.74. The standard InChI is InChI=1S/C13H8BrF2NOS/c14-7-1-3-9(12(19)5-7)13(18)17-11-4-2-8(15)6-10(11)16/h1-6,19H,(H,17,18). The molecule has 0 aliphatic rings. The molecule has 6 heteroatoms. The summed E-state index contributed by atoms with van der Waals surface area (Å²) in [7, 11) is 0. The average molecular weight is 344 g/mol. The highest BCUT2D eigenvalue weighted by Gasteiger charge is 2.12. The Balaban J connectivity index is 2.25. The minimum Gasteiger partial charge on any atom is -0.319 e. The molecule has 0 spiro atoms. The third-order valence-corrected chi connectivity index (χ3v) is 3.25. The zero-order valence-corrected chi connectivity index (χ0v) is 11.9. The monoisotopic (exact) mass is 343 g/mol. The maximum absolute atomic E-state index is 13.4. The van der Waals surface area contributed by atoms with E-state index in [-0.39, 0.29) is 5.69 Å². The average Bonchev–Trinajstić information content (AvgIpc) is 2.32. The first kappa shape index (κ1) is 14.0. The van der Waals surface area contributed by atoms with Crippen LogP contribution in [0.15, 0.2) is 45.8 Å². The molecule has 0 atom stereocenters. The molecule has 0 fully saturated rings. The number of benzene rings is 2. The largest absolute Gasteiger partial charge is 0.319 e. The number of rotatable bonds is 2. The van der Waals surface area contributed by atoms with E-state index < -0.39 is 17.5 Å². The van der Waals surface area contributed by atoms with Crippen molar-refractivity contribution in [1.82, 2.24) is 0 Å². The van der Waals surface area contributed by atoms with Gasteiger partial charge < -0.3 is 5.32 Å². The molecule has 0 saturated carbocycles. The van der Waals surface area contributed by atoms with E-state index in [1.807, 2.05) is 0 Å². The highest BCUT2D eigenvalue weighted by Crippen LogP contribution is 2.22. The number of anilines is 1. The van der Waals surface area contributed by atoms with Gasteiger partial charge in [0.25, 0.3) is 5.91 Å². The van der Waals surface area contributed by atoms with Crippen LogP contribution >= 0.6 is 28.6 Å². The third kappa shape index (κ3) is 3.33. The van der Waals surface area contributed by atoms with E-state index in [1.165, 1.54) is 6.07 Å². The summed E-state index contributed by atoms with van der Waals surface area (Å²) in [5.41, 5.74) is 0.220. The van der Waals surface area contributed by atoms with Gasteiger partial charge >= 0.3 is 0 Å². The van der Waals surface area contributed by atoms with Gasteiger partial charge in [-0.1, -0.05) is 15.9 Å². The zero-order valence-electron chi connectivity index (χ0n) is 9.45. The maximum Gasteiger partial charge on any atom is 0.256 e. The number of carbonyl (C=O) groups is 1. The van der Waals surface area contributed by atoms with Crippen molar-refractivity contribution >= 4 is 40.2 Å². The Hall–Kier alpha value is -1.40. The molecular weight excluding hydrogens is 336 g/mol. The molecule has 2 rings (SSSR count). The fourth-order valence-corrected chi connectivity index (χ4v) is 2.33. The molecule has 0 aliphatic carbocycles. The molecular formula is C13H8BrF2NOS. The number of amides is 1. The van der Waals surface area contributed by atoms with Crippen molar-refractivity contribution in [3.63, 3.8) is 0 Å². The number of thiol groups is 1. The van der Waals surface area contributed by atoms with Gasteiger partial charge in [-0.2, -0.15) is 0 Å². The first-order valence-electron chi connectivity index (χ1n) is 5.22. The van der Waals surface area contributed by atoms with Gasteiger partial charge in [0.2, 0.25) is 0 Å². The van der Waals surface area contributed by atoms with Crippen LogP contribution in [0, 0.1) is 11.6 Å². The smallest absolute Gasteiger partial charge is 0.256 e. The van der Waals surface area contributed by atoms with Crippen molar-refractivity contribution in [2.24, 2.45) is 0 Å². The van der Waals surface area contributed by atoms with Crippen molar-refractivity contribution in [3.8, 4) is 0 Å². The van der Waals surface area contributed by atoms with Crippen LogP contribution in [0.1, 0.15) is 10.4 Å². The fourth-order valence-electron chi connectivity index (χ4n) is 1.48. The van der Waals surface area contributed by atoms with Crippen LogP contribution in [0.25, 0.3) is 0 Å². The number of halogens is 3. The maximum atomic E-state index is 13.4. The predicted octanol–water partition coefficient (Wildman–Crippen LogP) is 4.27. The molecule has 0 heterocycles. The molecule has 19 heavy (non-hydrogen) atoms. The molecule has 2 nitrogen and oxygen atoms in total. The molecule has 0 bridgehead atoms. The van der Waals surface area contributed by atoms with Crippen molar-refractivity contribution in [3.05, 3.63) is 58.1 Å². The van der Waals surface area contributed by atoms with Gasteiger partial charge in [-0.25, -0.2) is 8.78 Å². The van der Waals surface area contributed by atoms with Crippen LogP contribution in [0.5, 0.6) is 0 Å². The summed E-state index contributed by atoms with van der Waals surface area (Å²) < 4.78 is 26.9. The molecule has 0 unspecified atom stereocenters. The summed E-state index contributed by atoms with van der Waals surface area (Å²) in [5, 5.41) is 2.37. The van der Waals surface area contributed by atoms with Crippen molar-refractivity contribution < 1.29 is 13.6 Å². The van der Waals surface area contributed by atoms with Crippen molar-refractivity contribution in [2.75, 3.05) is 5.32 Å². The topological polar surface area (TPSA) is 29.1 Å². The Morgan fingerprint density at radius 2 is 1.89 bits per heavy atom. The molecule has 2 aromatic carbocycles. The minimum absolute atomic E-state index is 0.0814. The lowest BCUT2D eigenvalue weighted by Gasteiger charge is -2.08. The van der Waals surface area contributed by atoms with Crippen LogP contribution in [-0.2, 0) is 0 Å². The summed E-state index contributed by atoms with van der Waals surface area (Å²) in [4.78, 5) is 12.4. The quantitative estimate of drug-likeness (QED) is 0.783. The van der Waals surface area contributed by atoms with Crippen LogP contribution < -0.4 is 5.32 Å². The lowest BCUT2D eigenvalue weighted by molar-refractivity contribution is 0.102. The Morgan fingerprint density at radius 1 is 1.16 bits per heavy atom. The first-order valence-corrected chi connectivity index (χ1v) is 6.46. The number of hydrogen-bond acceptors (Lipinski definition) is 2. The Labute approximate surface area is 122 Å². The van der Waals surface area contributed by atoms with E-state index in [0.29, 0.717) is 16.5 Å². The van der Waals surface area contributed by atoms with E-state index in [0.717, 1.165) is 10.5 Å². The van der Waals surface area contributed by atoms with E-state index in [1.54, 1.807) is 18.2 Å². The summed E-state index contributed by atoms with van der Waals surface area (Å²) in [6.07, 6.45) is 0. The summed E-state index contributed by atoms with van der Waals surface area (Å²) in [5.74, 6) is -2.04. The number of nitrogens with one attached hydrogen (secondary N) is 1. The SMILES string of the molecule is O=C(Nc1ccc(F)cc1F)c1ccc(Br)cc1S. The molecule has 1 N–H and O–H groups in total. The van der Waals surface area contributed by atoms with Crippen LogP contribution in [-0.4, -0.2) is 5.91 Å². The van der Waals surface area contributed by atoms with E-state index >= 15 is 0 Å². The molecule has 2 aromatic rings. The van der Waals surface area contributed by atoms with Crippen molar-refractivity contribution in [1.29, 1.82) is 0 Å². The highest BCUT2D eigenvalue weighted by atomic mass is 79.9. The van der Waals surface area contributed by atoms with Crippen LogP contribution in [0.4, 0.5) is 14.5 Å². The second kappa shape index (κ2) is 5.71. The van der Waals surface area contributed by atoms with Crippen molar-refractivity contribution in [2.45, 2.75) is 4.90 Å².